The highest BCUT2D eigenvalue weighted by molar-refractivity contribution is 5.97. The minimum absolute atomic E-state index is 0.346. The average Bonchev–Trinajstić information content (AvgIpc) is 3.31. The van der Waals surface area contributed by atoms with E-state index in [1.165, 1.54) is 14.0 Å². The van der Waals surface area contributed by atoms with Crippen molar-refractivity contribution in [2.45, 2.75) is 19.1 Å². The number of hydrogen-bond donors (Lipinski definition) is 3. The third-order valence-corrected chi connectivity index (χ3v) is 4.42. The highest BCUT2D eigenvalue weighted by Gasteiger charge is 2.26. The summed E-state index contributed by atoms with van der Waals surface area (Å²) >= 11 is 0. The predicted octanol–water partition coefficient (Wildman–Crippen LogP) is 2.13. The summed E-state index contributed by atoms with van der Waals surface area (Å²) < 4.78 is 4.60. The van der Waals surface area contributed by atoms with Gasteiger partial charge in [0.25, 0.3) is 5.91 Å². The highest BCUT2D eigenvalue weighted by Crippen LogP contribution is 2.16. The topological polar surface area (TPSA) is 104 Å². The smallest absolute Gasteiger partial charge is 0.331 e. The van der Waals surface area contributed by atoms with Gasteiger partial charge in [-0.3, -0.25) is 9.89 Å². The molecule has 30 heavy (non-hydrogen) atoms. The average molecular weight is 403 g/mol. The van der Waals surface area contributed by atoms with Gasteiger partial charge in [0.15, 0.2) is 6.04 Å². The van der Waals surface area contributed by atoms with E-state index < -0.39 is 24.0 Å². The first-order valence-corrected chi connectivity index (χ1v) is 9.26. The number of amides is 1. The first-order valence-electron chi connectivity index (χ1n) is 9.26. The van der Waals surface area contributed by atoms with Crippen LogP contribution in [-0.2, 0) is 9.53 Å². The molecule has 7 nitrogen and oxygen atoms in total. The number of aromatic amines is 1. The number of ether oxygens (including phenoxy) is 1. The molecule has 2 aromatic carbocycles. The summed E-state index contributed by atoms with van der Waals surface area (Å²) in [6, 6.07) is 15.2. The number of hydrogen-bond acceptors (Lipinski definition) is 5. The van der Waals surface area contributed by atoms with E-state index in [1.54, 1.807) is 30.5 Å². The standard InChI is InChI=1S/C23H21N3O4/c1-15(27)21(23(29)30-2)25-22(28)19-11-7-17(8-12-19)4-3-16-5-9-18(10-6-16)20-13-14-24-26-20/h5-15,21,27H,1-2H3,(H,24,26)(H,25,28)/t15-,21-/m1/s1. The number of esters is 1. The molecule has 0 radical (unpaired) electrons. The summed E-state index contributed by atoms with van der Waals surface area (Å²) in [5.41, 5.74) is 3.91. The number of rotatable bonds is 5. The Morgan fingerprint density at radius 3 is 2.13 bits per heavy atom. The van der Waals surface area contributed by atoms with Gasteiger partial charge in [-0.25, -0.2) is 4.79 Å². The second kappa shape index (κ2) is 9.54. The van der Waals surface area contributed by atoms with Crippen LogP contribution in [-0.4, -0.2) is 46.4 Å². The molecule has 0 saturated carbocycles. The number of nitrogens with zero attached hydrogens (tertiary/aromatic N) is 1. The van der Waals surface area contributed by atoms with Gasteiger partial charge in [-0.15, -0.1) is 0 Å². The first kappa shape index (κ1) is 20.8. The van der Waals surface area contributed by atoms with E-state index in [0.29, 0.717) is 5.56 Å². The molecule has 3 N–H and O–H groups in total. The van der Waals surface area contributed by atoms with Crippen molar-refractivity contribution in [1.82, 2.24) is 15.5 Å². The zero-order valence-electron chi connectivity index (χ0n) is 16.5. The molecule has 1 amide bonds. The summed E-state index contributed by atoms with van der Waals surface area (Å²) in [6.45, 7) is 1.40. The summed E-state index contributed by atoms with van der Waals surface area (Å²) in [6.07, 6.45) is 0.624. The van der Waals surface area contributed by atoms with Gasteiger partial charge in [0.1, 0.15) is 0 Å². The molecular formula is C23H21N3O4. The number of carbonyl (C=O) groups excluding carboxylic acids is 2. The molecule has 0 aliphatic rings. The van der Waals surface area contributed by atoms with Crippen molar-refractivity contribution in [3.8, 4) is 23.1 Å². The van der Waals surface area contributed by atoms with Crippen molar-refractivity contribution in [2.24, 2.45) is 0 Å². The minimum Gasteiger partial charge on any atom is -0.467 e. The van der Waals surface area contributed by atoms with Gasteiger partial charge in [-0.1, -0.05) is 24.0 Å². The maximum absolute atomic E-state index is 12.3. The van der Waals surface area contributed by atoms with Crippen LogP contribution in [0.1, 0.15) is 28.4 Å². The molecule has 0 saturated heterocycles. The van der Waals surface area contributed by atoms with Gasteiger partial charge in [0.05, 0.1) is 18.9 Å². The molecule has 3 rings (SSSR count). The number of nitrogens with one attached hydrogen (secondary N) is 2. The molecule has 0 unspecified atom stereocenters. The van der Waals surface area contributed by atoms with Crippen LogP contribution in [0.2, 0.25) is 0 Å². The van der Waals surface area contributed by atoms with E-state index >= 15 is 0 Å². The molecule has 0 aliphatic carbocycles. The van der Waals surface area contributed by atoms with Gasteiger partial charge in [-0.05, 0) is 55.0 Å². The van der Waals surface area contributed by atoms with Crippen LogP contribution < -0.4 is 5.32 Å². The number of methoxy groups -OCH3 is 1. The van der Waals surface area contributed by atoms with Crippen molar-refractivity contribution < 1.29 is 19.4 Å². The van der Waals surface area contributed by atoms with Crippen LogP contribution in [0, 0.1) is 11.8 Å². The van der Waals surface area contributed by atoms with Gasteiger partial charge in [0.2, 0.25) is 0 Å². The van der Waals surface area contributed by atoms with Crippen LogP contribution in [0.15, 0.2) is 60.8 Å². The van der Waals surface area contributed by atoms with Crippen LogP contribution in [0.4, 0.5) is 0 Å². The van der Waals surface area contributed by atoms with Gasteiger partial charge < -0.3 is 15.2 Å². The van der Waals surface area contributed by atoms with Crippen LogP contribution in [0.5, 0.6) is 0 Å². The highest BCUT2D eigenvalue weighted by atomic mass is 16.5. The third-order valence-electron chi connectivity index (χ3n) is 4.42. The number of benzene rings is 2. The van der Waals surface area contributed by atoms with E-state index in [-0.39, 0.29) is 0 Å². The number of carbonyl (C=O) groups is 2. The molecule has 0 aliphatic heterocycles. The molecule has 1 heterocycles. The molecule has 0 fully saturated rings. The van der Waals surface area contributed by atoms with Crippen LogP contribution in [0.25, 0.3) is 11.3 Å². The first-order chi connectivity index (χ1) is 14.5. The number of aliphatic hydroxyl groups is 1. The normalized spacial score (nSPS) is 12.2. The molecular weight excluding hydrogens is 382 g/mol. The van der Waals surface area contributed by atoms with E-state index in [9.17, 15) is 14.7 Å². The van der Waals surface area contributed by atoms with Gasteiger partial charge in [-0.2, -0.15) is 5.10 Å². The lowest BCUT2D eigenvalue weighted by Crippen LogP contribution is -2.48. The lowest BCUT2D eigenvalue weighted by Gasteiger charge is -2.18. The number of aliphatic hydroxyl groups excluding tert-OH is 1. The quantitative estimate of drug-likeness (QED) is 0.447. The molecule has 1 aromatic heterocycles. The maximum Gasteiger partial charge on any atom is 0.331 e. The fraction of sp³-hybridized carbons (Fsp3) is 0.174. The Bertz CT molecular complexity index is 1060. The lowest BCUT2D eigenvalue weighted by atomic mass is 10.1. The van der Waals surface area contributed by atoms with E-state index in [1.807, 2.05) is 30.3 Å². The zero-order chi connectivity index (χ0) is 21.5. The predicted molar refractivity (Wildman–Crippen MR) is 111 cm³/mol. The zero-order valence-corrected chi connectivity index (χ0v) is 16.5. The van der Waals surface area contributed by atoms with E-state index in [2.05, 4.69) is 32.1 Å². The summed E-state index contributed by atoms with van der Waals surface area (Å²) in [7, 11) is 1.20. The van der Waals surface area contributed by atoms with Crippen molar-refractivity contribution >= 4 is 11.9 Å². The monoisotopic (exact) mass is 403 g/mol. The number of H-pyrrole nitrogens is 1. The van der Waals surface area contributed by atoms with Gasteiger partial charge >= 0.3 is 5.97 Å². The second-order valence-electron chi connectivity index (χ2n) is 6.59. The van der Waals surface area contributed by atoms with Crippen molar-refractivity contribution in [1.29, 1.82) is 0 Å². The van der Waals surface area contributed by atoms with Crippen LogP contribution in [0.3, 0.4) is 0 Å². The van der Waals surface area contributed by atoms with Crippen LogP contribution >= 0.6 is 0 Å². The molecule has 3 aromatic rings. The van der Waals surface area contributed by atoms with Crippen molar-refractivity contribution in [3.63, 3.8) is 0 Å². The van der Waals surface area contributed by atoms with E-state index in [4.69, 9.17) is 0 Å². The molecule has 0 spiro atoms. The molecule has 152 valence electrons. The maximum atomic E-state index is 12.3. The number of aromatic nitrogens is 2. The SMILES string of the molecule is COC(=O)[C@H](NC(=O)c1ccc(C#Cc2ccc(-c3ccn[nH]3)cc2)cc1)[C@@H](C)O. The third kappa shape index (κ3) is 5.13. The van der Waals surface area contributed by atoms with Crippen molar-refractivity contribution in [2.75, 3.05) is 7.11 Å². The fourth-order valence-corrected chi connectivity index (χ4v) is 2.73. The lowest BCUT2D eigenvalue weighted by molar-refractivity contribution is -0.145. The van der Waals surface area contributed by atoms with Crippen molar-refractivity contribution in [3.05, 3.63) is 77.5 Å². The Hall–Kier alpha value is -3.89. The Balaban J connectivity index is 1.66. The summed E-state index contributed by atoms with van der Waals surface area (Å²) in [5, 5.41) is 19.0. The Kier molecular flexibility index (Phi) is 6.63. The Morgan fingerprint density at radius 1 is 1.03 bits per heavy atom. The second-order valence-corrected chi connectivity index (χ2v) is 6.59. The Labute approximate surface area is 174 Å². The molecule has 0 bridgehead atoms. The largest absolute Gasteiger partial charge is 0.467 e. The van der Waals surface area contributed by atoms with Gasteiger partial charge in [0, 0.05) is 22.9 Å². The summed E-state index contributed by atoms with van der Waals surface area (Å²) in [5.74, 6) is 4.94. The van der Waals surface area contributed by atoms with E-state index in [0.717, 1.165) is 22.4 Å². The minimum atomic E-state index is -1.13. The summed E-state index contributed by atoms with van der Waals surface area (Å²) in [4.78, 5) is 24.0. The molecule has 7 heteroatoms. The molecule has 2 atom stereocenters. The Morgan fingerprint density at radius 2 is 1.63 bits per heavy atom. The fourth-order valence-electron chi connectivity index (χ4n) is 2.73.